The van der Waals surface area contributed by atoms with Crippen LogP contribution in [0.4, 0.5) is 5.82 Å². The van der Waals surface area contributed by atoms with Crippen LogP contribution in [0.1, 0.15) is 46.0 Å². The van der Waals surface area contributed by atoms with Gasteiger partial charge in [-0.05, 0) is 38.0 Å². The lowest BCUT2D eigenvalue weighted by atomic mass is 9.78. The molecule has 112 valence electrons. The zero-order valence-electron chi connectivity index (χ0n) is 12.4. The van der Waals surface area contributed by atoms with Crippen LogP contribution in [-0.2, 0) is 6.54 Å². The molecular formula is C15H24ClN3O. The molecular weight excluding hydrogens is 274 g/mol. The number of rotatable bonds is 5. The number of nitrogens with zero attached hydrogens (tertiary/aromatic N) is 2. The van der Waals surface area contributed by atoms with Crippen molar-refractivity contribution in [2.45, 2.75) is 58.0 Å². The Bertz CT molecular complexity index is 492. The molecule has 0 bridgehead atoms. The van der Waals surface area contributed by atoms with E-state index >= 15 is 0 Å². The average Bonchev–Trinajstić information content (AvgIpc) is 2.46. The van der Waals surface area contributed by atoms with Gasteiger partial charge in [0.25, 0.3) is 5.56 Å². The Morgan fingerprint density at radius 1 is 1.50 bits per heavy atom. The second kappa shape index (κ2) is 6.61. The number of hydrogen-bond donors (Lipinski definition) is 1. The molecule has 0 radical (unpaired) electrons. The number of alkyl halides is 1. The van der Waals surface area contributed by atoms with Crippen LogP contribution in [0.5, 0.6) is 0 Å². The highest BCUT2D eigenvalue weighted by Gasteiger charge is 2.34. The quantitative estimate of drug-likeness (QED) is 0.849. The topological polar surface area (TPSA) is 46.9 Å². The summed E-state index contributed by atoms with van der Waals surface area (Å²) in [5.41, 5.74) is -0.219. The molecule has 0 aliphatic heterocycles. The maximum atomic E-state index is 12.3. The van der Waals surface area contributed by atoms with Crippen LogP contribution in [0, 0.1) is 5.92 Å². The van der Waals surface area contributed by atoms with Crippen molar-refractivity contribution in [1.82, 2.24) is 9.55 Å². The Labute approximate surface area is 125 Å². The molecule has 1 aromatic rings. The molecule has 20 heavy (non-hydrogen) atoms. The first kappa shape index (κ1) is 15.4. The molecule has 5 heteroatoms. The summed E-state index contributed by atoms with van der Waals surface area (Å²) >= 11 is 6.19. The van der Waals surface area contributed by atoms with E-state index in [0.29, 0.717) is 11.7 Å². The lowest BCUT2D eigenvalue weighted by Gasteiger charge is -2.39. The molecule has 0 saturated heterocycles. The van der Waals surface area contributed by atoms with Gasteiger partial charge in [-0.15, -0.1) is 11.6 Å². The lowest BCUT2D eigenvalue weighted by molar-refractivity contribution is 0.286. The molecule has 0 unspecified atom stereocenters. The van der Waals surface area contributed by atoms with Gasteiger partial charge < -0.3 is 9.88 Å². The van der Waals surface area contributed by atoms with E-state index in [2.05, 4.69) is 24.1 Å². The third-order valence-corrected chi connectivity index (χ3v) is 4.76. The number of aromatic nitrogens is 2. The number of anilines is 1. The number of hydrogen-bond acceptors (Lipinski definition) is 3. The largest absolute Gasteiger partial charge is 0.359 e. The highest BCUT2D eigenvalue weighted by molar-refractivity contribution is 6.18. The Hall–Kier alpha value is -1.03. The molecule has 1 aliphatic rings. The summed E-state index contributed by atoms with van der Waals surface area (Å²) in [4.78, 5) is 16.6. The Balaban J connectivity index is 2.20. The highest BCUT2D eigenvalue weighted by Crippen LogP contribution is 2.34. The fourth-order valence-electron chi connectivity index (χ4n) is 2.81. The van der Waals surface area contributed by atoms with Crippen LogP contribution in [-0.4, -0.2) is 21.0 Å². The minimum Gasteiger partial charge on any atom is -0.359 e. The molecule has 0 atom stereocenters. The Morgan fingerprint density at radius 3 is 2.80 bits per heavy atom. The summed E-state index contributed by atoms with van der Waals surface area (Å²) in [5, 5.41) is 3.36. The van der Waals surface area contributed by atoms with Gasteiger partial charge in [0.2, 0.25) is 0 Å². The Kier molecular flexibility index (Phi) is 5.08. The summed E-state index contributed by atoms with van der Waals surface area (Å²) in [6, 6.07) is 0. The lowest BCUT2D eigenvalue weighted by Crippen LogP contribution is -2.45. The second-order valence-electron chi connectivity index (χ2n) is 6.00. The van der Waals surface area contributed by atoms with E-state index in [1.807, 2.05) is 0 Å². The van der Waals surface area contributed by atoms with Crippen LogP contribution in [0.15, 0.2) is 17.2 Å². The normalized spacial score (nSPS) is 26.4. The fourth-order valence-corrected chi connectivity index (χ4v) is 3.14. The van der Waals surface area contributed by atoms with Crippen molar-refractivity contribution in [3.8, 4) is 0 Å². The molecule has 1 saturated carbocycles. The van der Waals surface area contributed by atoms with Crippen molar-refractivity contribution >= 4 is 17.4 Å². The SMILES string of the molecule is CCCn1ccnc(NC2(CCl)CCC(C)CC2)c1=O. The predicted molar refractivity (Wildman–Crippen MR) is 83.5 cm³/mol. The van der Waals surface area contributed by atoms with E-state index < -0.39 is 0 Å². The van der Waals surface area contributed by atoms with Crippen molar-refractivity contribution in [2.24, 2.45) is 5.92 Å². The summed E-state index contributed by atoms with van der Waals surface area (Å²) in [5.74, 6) is 1.70. The number of halogens is 1. The molecule has 0 spiro atoms. The van der Waals surface area contributed by atoms with Gasteiger partial charge in [-0.25, -0.2) is 4.98 Å². The Morgan fingerprint density at radius 2 is 2.20 bits per heavy atom. The molecule has 1 aromatic heterocycles. The molecule has 2 rings (SSSR count). The zero-order chi connectivity index (χ0) is 14.6. The predicted octanol–water partition coefficient (Wildman–Crippen LogP) is 3.25. The summed E-state index contributed by atoms with van der Waals surface area (Å²) in [6.07, 6.45) is 8.66. The highest BCUT2D eigenvalue weighted by atomic mass is 35.5. The number of nitrogens with one attached hydrogen (secondary N) is 1. The molecule has 0 amide bonds. The van der Waals surface area contributed by atoms with Crippen LogP contribution < -0.4 is 10.9 Å². The second-order valence-corrected chi connectivity index (χ2v) is 6.26. The third kappa shape index (κ3) is 3.35. The van der Waals surface area contributed by atoms with Gasteiger partial charge in [-0.3, -0.25) is 4.79 Å². The first-order valence-electron chi connectivity index (χ1n) is 7.50. The monoisotopic (exact) mass is 297 g/mol. The van der Waals surface area contributed by atoms with E-state index in [1.54, 1.807) is 17.0 Å². The maximum Gasteiger partial charge on any atom is 0.293 e. The van der Waals surface area contributed by atoms with Gasteiger partial charge in [-0.1, -0.05) is 13.8 Å². The molecule has 0 aromatic carbocycles. The van der Waals surface area contributed by atoms with Crippen LogP contribution in [0.25, 0.3) is 0 Å². The van der Waals surface area contributed by atoms with Gasteiger partial charge in [-0.2, -0.15) is 0 Å². The van der Waals surface area contributed by atoms with Crippen LogP contribution in [0.2, 0.25) is 0 Å². The summed E-state index contributed by atoms with van der Waals surface area (Å²) < 4.78 is 1.71. The smallest absolute Gasteiger partial charge is 0.293 e. The van der Waals surface area contributed by atoms with Crippen molar-refractivity contribution in [2.75, 3.05) is 11.2 Å². The van der Waals surface area contributed by atoms with Crippen molar-refractivity contribution in [3.63, 3.8) is 0 Å². The maximum absolute atomic E-state index is 12.3. The van der Waals surface area contributed by atoms with Gasteiger partial charge in [0, 0.05) is 24.8 Å². The summed E-state index contributed by atoms with van der Waals surface area (Å²) in [6.45, 7) is 5.05. The zero-order valence-corrected chi connectivity index (χ0v) is 13.1. The van der Waals surface area contributed by atoms with Crippen LogP contribution >= 0.6 is 11.6 Å². The van der Waals surface area contributed by atoms with Gasteiger partial charge >= 0.3 is 0 Å². The molecule has 1 fully saturated rings. The number of aryl methyl sites for hydroxylation is 1. The third-order valence-electron chi connectivity index (χ3n) is 4.25. The first-order valence-corrected chi connectivity index (χ1v) is 8.03. The van der Waals surface area contributed by atoms with Gasteiger partial charge in [0.05, 0.1) is 5.54 Å². The molecule has 4 nitrogen and oxygen atoms in total. The minimum absolute atomic E-state index is 0.0440. The van der Waals surface area contributed by atoms with E-state index in [1.165, 1.54) is 0 Å². The fraction of sp³-hybridized carbons (Fsp3) is 0.733. The standard InChI is InChI=1S/C15H24ClN3O/c1-3-9-19-10-8-17-13(14(19)20)18-15(11-16)6-4-12(2)5-7-15/h8,10,12H,3-7,9,11H2,1-2H3,(H,17,18). The van der Waals surface area contributed by atoms with E-state index in [0.717, 1.165) is 44.6 Å². The van der Waals surface area contributed by atoms with Crippen molar-refractivity contribution in [3.05, 3.63) is 22.7 Å². The minimum atomic E-state index is -0.175. The van der Waals surface area contributed by atoms with Crippen LogP contribution in [0.3, 0.4) is 0 Å². The van der Waals surface area contributed by atoms with Crippen molar-refractivity contribution in [1.29, 1.82) is 0 Å². The van der Waals surface area contributed by atoms with Gasteiger partial charge in [0.15, 0.2) is 5.82 Å². The van der Waals surface area contributed by atoms with E-state index in [4.69, 9.17) is 11.6 Å². The molecule has 1 heterocycles. The van der Waals surface area contributed by atoms with E-state index in [9.17, 15) is 4.79 Å². The average molecular weight is 298 g/mol. The molecule has 1 aliphatic carbocycles. The molecule has 1 N–H and O–H groups in total. The summed E-state index contributed by atoms with van der Waals surface area (Å²) in [7, 11) is 0. The van der Waals surface area contributed by atoms with Gasteiger partial charge in [0.1, 0.15) is 0 Å². The first-order chi connectivity index (χ1) is 9.60. The van der Waals surface area contributed by atoms with Crippen molar-refractivity contribution < 1.29 is 0 Å². The van der Waals surface area contributed by atoms with E-state index in [-0.39, 0.29) is 11.1 Å².